The van der Waals surface area contributed by atoms with Crippen LogP contribution in [0, 0.1) is 11.8 Å². The quantitative estimate of drug-likeness (QED) is 0.799. The molecule has 1 aromatic carbocycles. The van der Waals surface area contributed by atoms with E-state index in [0.717, 1.165) is 12.8 Å². The van der Waals surface area contributed by atoms with Gasteiger partial charge in [-0.05, 0) is 17.9 Å². The Labute approximate surface area is 90.7 Å². The number of amides is 1. The molecule has 0 aromatic heterocycles. The van der Waals surface area contributed by atoms with Gasteiger partial charge in [0.25, 0.3) is 0 Å². The molecule has 2 nitrogen and oxygen atoms in total. The third kappa shape index (κ3) is 2.58. The van der Waals surface area contributed by atoms with Crippen LogP contribution in [-0.2, 0) is 11.3 Å². The molecule has 1 aliphatic rings. The zero-order valence-electron chi connectivity index (χ0n) is 9.07. The van der Waals surface area contributed by atoms with Crippen molar-refractivity contribution in [1.29, 1.82) is 0 Å². The molecule has 2 atom stereocenters. The number of benzene rings is 1. The van der Waals surface area contributed by atoms with E-state index in [1.54, 1.807) is 0 Å². The number of hydrogen-bond donors (Lipinski definition) is 1. The molecule has 1 aliphatic carbocycles. The normalized spacial score (nSPS) is 23.5. The number of carbonyl (C=O) groups is 1. The van der Waals surface area contributed by atoms with E-state index in [9.17, 15) is 4.79 Å². The summed E-state index contributed by atoms with van der Waals surface area (Å²) in [5.41, 5.74) is 1.17. The molecule has 0 aliphatic heterocycles. The summed E-state index contributed by atoms with van der Waals surface area (Å²) >= 11 is 0. The lowest BCUT2D eigenvalue weighted by Gasteiger charge is -2.04. The highest BCUT2D eigenvalue weighted by Crippen LogP contribution is 2.40. The first-order valence-electron chi connectivity index (χ1n) is 5.63. The second-order valence-electron chi connectivity index (χ2n) is 4.21. The van der Waals surface area contributed by atoms with Crippen LogP contribution in [0.3, 0.4) is 0 Å². The van der Waals surface area contributed by atoms with Gasteiger partial charge in [0, 0.05) is 12.5 Å². The third-order valence-corrected chi connectivity index (χ3v) is 3.09. The molecule has 1 amide bonds. The van der Waals surface area contributed by atoms with E-state index in [0.29, 0.717) is 18.4 Å². The van der Waals surface area contributed by atoms with E-state index in [-0.39, 0.29) is 5.91 Å². The van der Waals surface area contributed by atoms with Gasteiger partial charge in [0.1, 0.15) is 0 Å². The van der Waals surface area contributed by atoms with Crippen LogP contribution in [0.15, 0.2) is 30.3 Å². The van der Waals surface area contributed by atoms with Crippen molar-refractivity contribution in [2.75, 3.05) is 0 Å². The second-order valence-corrected chi connectivity index (χ2v) is 4.21. The van der Waals surface area contributed by atoms with Crippen LogP contribution in [0.4, 0.5) is 0 Å². The third-order valence-electron chi connectivity index (χ3n) is 3.09. The summed E-state index contributed by atoms with van der Waals surface area (Å²) < 4.78 is 0. The SMILES string of the molecule is CC[C@@H]1C[C@@H]1C(=O)NCc1ccccc1. The molecule has 15 heavy (non-hydrogen) atoms. The maximum Gasteiger partial charge on any atom is 0.223 e. The number of nitrogens with one attached hydrogen (secondary N) is 1. The van der Waals surface area contributed by atoms with Gasteiger partial charge < -0.3 is 5.32 Å². The monoisotopic (exact) mass is 203 g/mol. The molecule has 0 radical (unpaired) electrons. The van der Waals surface area contributed by atoms with Crippen molar-refractivity contribution in [2.45, 2.75) is 26.3 Å². The highest BCUT2D eigenvalue weighted by Gasteiger charge is 2.40. The maximum atomic E-state index is 11.6. The van der Waals surface area contributed by atoms with Gasteiger partial charge >= 0.3 is 0 Å². The Morgan fingerprint density at radius 3 is 2.73 bits per heavy atom. The molecule has 0 unspecified atom stereocenters. The van der Waals surface area contributed by atoms with Gasteiger partial charge in [0.05, 0.1) is 0 Å². The molecule has 0 spiro atoms. The summed E-state index contributed by atoms with van der Waals surface area (Å²) in [4.78, 5) is 11.6. The van der Waals surface area contributed by atoms with Gasteiger partial charge in [-0.25, -0.2) is 0 Å². The number of carbonyl (C=O) groups excluding carboxylic acids is 1. The van der Waals surface area contributed by atoms with Crippen molar-refractivity contribution >= 4 is 5.91 Å². The van der Waals surface area contributed by atoms with Crippen LogP contribution in [0.2, 0.25) is 0 Å². The minimum atomic E-state index is 0.228. The predicted molar refractivity (Wildman–Crippen MR) is 60.2 cm³/mol. The molecule has 1 N–H and O–H groups in total. The first kappa shape index (κ1) is 10.2. The molecule has 1 fully saturated rings. The van der Waals surface area contributed by atoms with Crippen molar-refractivity contribution in [1.82, 2.24) is 5.32 Å². The van der Waals surface area contributed by atoms with E-state index in [1.807, 2.05) is 30.3 Å². The smallest absolute Gasteiger partial charge is 0.223 e. The zero-order chi connectivity index (χ0) is 10.7. The first-order chi connectivity index (χ1) is 7.31. The molecule has 1 saturated carbocycles. The van der Waals surface area contributed by atoms with Gasteiger partial charge in [-0.3, -0.25) is 4.79 Å². The standard InChI is InChI=1S/C13H17NO/c1-2-11-8-12(11)13(15)14-9-10-6-4-3-5-7-10/h3-7,11-12H,2,8-9H2,1H3,(H,14,15)/t11-,12+/m1/s1. The summed E-state index contributed by atoms with van der Waals surface area (Å²) in [5.74, 6) is 1.16. The van der Waals surface area contributed by atoms with Gasteiger partial charge in [0.2, 0.25) is 5.91 Å². The maximum absolute atomic E-state index is 11.6. The van der Waals surface area contributed by atoms with Gasteiger partial charge in [-0.2, -0.15) is 0 Å². The fraction of sp³-hybridized carbons (Fsp3) is 0.462. The van der Waals surface area contributed by atoms with Crippen LogP contribution >= 0.6 is 0 Å². The van der Waals surface area contributed by atoms with E-state index >= 15 is 0 Å². The highest BCUT2D eigenvalue weighted by molar-refractivity contribution is 5.81. The lowest BCUT2D eigenvalue weighted by Crippen LogP contribution is -2.24. The predicted octanol–water partition coefficient (Wildman–Crippen LogP) is 2.35. The lowest BCUT2D eigenvalue weighted by atomic mass is 10.2. The van der Waals surface area contributed by atoms with Crippen molar-refractivity contribution in [3.8, 4) is 0 Å². The van der Waals surface area contributed by atoms with Crippen molar-refractivity contribution in [2.24, 2.45) is 11.8 Å². The van der Waals surface area contributed by atoms with E-state index in [1.165, 1.54) is 5.56 Å². The average molecular weight is 203 g/mol. The zero-order valence-corrected chi connectivity index (χ0v) is 9.07. The van der Waals surface area contributed by atoms with E-state index in [2.05, 4.69) is 12.2 Å². The topological polar surface area (TPSA) is 29.1 Å². The second kappa shape index (κ2) is 4.47. The Hall–Kier alpha value is -1.31. The van der Waals surface area contributed by atoms with Gasteiger partial charge in [-0.1, -0.05) is 43.7 Å². The summed E-state index contributed by atoms with van der Waals surface area (Å²) in [5, 5.41) is 2.99. The first-order valence-corrected chi connectivity index (χ1v) is 5.63. The molecular weight excluding hydrogens is 186 g/mol. The fourth-order valence-electron chi connectivity index (χ4n) is 1.94. The van der Waals surface area contributed by atoms with E-state index < -0.39 is 0 Å². The largest absolute Gasteiger partial charge is 0.352 e. The number of hydrogen-bond acceptors (Lipinski definition) is 1. The number of rotatable bonds is 4. The fourth-order valence-corrected chi connectivity index (χ4v) is 1.94. The Morgan fingerprint density at radius 1 is 1.40 bits per heavy atom. The molecule has 0 saturated heterocycles. The molecule has 1 aromatic rings. The highest BCUT2D eigenvalue weighted by atomic mass is 16.2. The summed E-state index contributed by atoms with van der Waals surface area (Å²) in [6, 6.07) is 10.0. The minimum Gasteiger partial charge on any atom is -0.352 e. The summed E-state index contributed by atoms with van der Waals surface area (Å²) in [6.45, 7) is 2.81. The molecule has 2 heteroatoms. The molecular formula is C13H17NO. The van der Waals surface area contributed by atoms with Crippen LogP contribution in [-0.4, -0.2) is 5.91 Å². The Bertz CT molecular complexity index is 334. The minimum absolute atomic E-state index is 0.228. The molecule has 2 rings (SSSR count). The summed E-state index contributed by atoms with van der Waals surface area (Å²) in [6.07, 6.45) is 2.21. The Morgan fingerprint density at radius 2 is 2.13 bits per heavy atom. The van der Waals surface area contributed by atoms with Crippen LogP contribution in [0.1, 0.15) is 25.3 Å². The van der Waals surface area contributed by atoms with Crippen LogP contribution < -0.4 is 5.32 Å². The van der Waals surface area contributed by atoms with Gasteiger partial charge in [-0.15, -0.1) is 0 Å². The van der Waals surface area contributed by atoms with Crippen molar-refractivity contribution in [3.63, 3.8) is 0 Å². The Kier molecular flexibility index (Phi) is 3.05. The molecule has 0 bridgehead atoms. The van der Waals surface area contributed by atoms with Crippen LogP contribution in [0.25, 0.3) is 0 Å². The Balaban J connectivity index is 1.77. The van der Waals surface area contributed by atoms with Crippen molar-refractivity contribution < 1.29 is 4.79 Å². The van der Waals surface area contributed by atoms with Crippen molar-refractivity contribution in [3.05, 3.63) is 35.9 Å². The van der Waals surface area contributed by atoms with Crippen LogP contribution in [0.5, 0.6) is 0 Å². The molecule has 0 heterocycles. The van der Waals surface area contributed by atoms with Gasteiger partial charge in [0.15, 0.2) is 0 Å². The molecule has 80 valence electrons. The summed E-state index contributed by atoms with van der Waals surface area (Å²) in [7, 11) is 0. The lowest BCUT2D eigenvalue weighted by molar-refractivity contribution is -0.122. The van der Waals surface area contributed by atoms with E-state index in [4.69, 9.17) is 0 Å². The average Bonchev–Trinajstić information content (AvgIpc) is 3.06.